The van der Waals surface area contributed by atoms with Gasteiger partial charge in [0.2, 0.25) is 0 Å². The number of aromatic nitrogens is 2. The van der Waals surface area contributed by atoms with Gasteiger partial charge in [-0.3, -0.25) is 4.68 Å². The number of nitrogens with one attached hydrogen (secondary N) is 2. The fourth-order valence-electron chi connectivity index (χ4n) is 1.77. The molecule has 0 atom stereocenters. The Labute approximate surface area is 129 Å². The van der Waals surface area contributed by atoms with Gasteiger partial charge in [0.15, 0.2) is 5.11 Å². The largest absolute Gasteiger partial charge is 0.362 e. The normalized spacial score (nSPS) is 10.3. The molecule has 106 valence electrons. The highest BCUT2D eigenvalue weighted by molar-refractivity contribution is 7.80. The Morgan fingerprint density at radius 1 is 1.40 bits per heavy atom. The molecule has 0 radical (unpaired) electrons. The first-order valence-electron chi connectivity index (χ1n) is 6.44. The van der Waals surface area contributed by atoms with Crippen molar-refractivity contribution >= 4 is 34.6 Å². The Morgan fingerprint density at radius 2 is 2.25 bits per heavy atom. The van der Waals surface area contributed by atoms with E-state index in [4.69, 9.17) is 23.8 Å². The van der Waals surface area contributed by atoms with Crippen LogP contribution in [0.4, 0.5) is 5.69 Å². The first-order valence-corrected chi connectivity index (χ1v) is 7.22. The summed E-state index contributed by atoms with van der Waals surface area (Å²) in [5.74, 6) is 0. The Morgan fingerprint density at radius 3 is 2.95 bits per heavy atom. The SMILES string of the molecule is Cc1ccn(CCCNC(=S)Nc2cccc(Cl)c2)n1. The van der Waals surface area contributed by atoms with Gasteiger partial charge in [0.25, 0.3) is 0 Å². The molecule has 1 aromatic heterocycles. The number of aryl methyl sites for hydroxylation is 2. The van der Waals surface area contributed by atoms with E-state index in [-0.39, 0.29) is 0 Å². The van der Waals surface area contributed by atoms with Gasteiger partial charge in [0.1, 0.15) is 0 Å². The summed E-state index contributed by atoms with van der Waals surface area (Å²) in [6.07, 6.45) is 2.94. The monoisotopic (exact) mass is 308 g/mol. The average molecular weight is 309 g/mol. The minimum Gasteiger partial charge on any atom is -0.362 e. The van der Waals surface area contributed by atoms with E-state index in [0.717, 1.165) is 30.9 Å². The zero-order valence-electron chi connectivity index (χ0n) is 11.3. The number of hydrogen-bond donors (Lipinski definition) is 2. The van der Waals surface area contributed by atoms with Crippen molar-refractivity contribution in [3.63, 3.8) is 0 Å². The molecule has 0 saturated carbocycles. The van der Waals surface area contributed by atoms with Crippen LogP contribution in [0, 0.1) is 6.92 Å². The summed E-state index contributed by atoms with van der Waals surface area (Å²) < 4.78 is 1.93. The number of anilines is 1. The lowest BCUT2D eigenvalue weighted by atomic mass is 10.3. The van der Waals surface area contributed by atoms with Gasteiger partial charge in [-0.05, 0) is 49.8 Å². The molecule has 0 saturated heterocycles. The zero-order valence-corrected chi connectivity index (χ0v) is 12.8. The molecule has 0 bridgehead atoms. The lowest BCUT2D eigenvalue weighted by Gasteiger charge is -2.10. The number of thiocarbonyl (C=S) groups is 1. The highest BCUT2D eigenvalue weighted by Crippen LogP contribution is 2.14. The van der Waals surface area contributed by atoms with Crippen LogP contribution in [0.2, 0.25) is 5.02 Å². The quantitative estimate of drug-likeness (QED) is 0.657. The maximum atomic E-state index is 5.91. The van der Waals surface area contributed by atoms with Gasteiger partial charge in [0, 0.05) is 30.0 Å². The summed E-state index contributed by atoms with van der Waals surface area (Å²) in [6.45, 7) is 3.66. The predicted molar refractivity (Wildman–Crippen MR) is 87.3 cm³/mol. The third-order valence-corrected chi connectivity index (χ3v) is 3.19. The molecule has 2 N–H and O–H groups in total. The van der Waals surface area contributed by atoms with E-state index in [1.54, 1.807) is 0 Å². The molecule has 0 amide bonds. The highest BCUT2D eigenvalue weighted by atomic mass is 35.5. The molecular weight excluding hydrogens is 292 g/mol. The van der Waals surface area contributed by atoms with Crippen LogP contribution in [0.25, 0.3) is 0 Å². The second-order valence-corrected chi connectivity index (χ2v) is 5.31. The van der Waals surface area contributed by atoms with Gasteiger partial charge >= 0.3 is 0 Å². The van der Waals surface area contributed by atoms with Crippen LogP contribution in [-0.2, 0) is 6.54 Å². The van der Waals surface area contributed by atoms with Crippen LogP contribution in [0.3, 0.4) is 0 Å². The van der Waals surface area contributed by atoms with Gasteiger partial charge in [-0.2, -0.15) is 5.10 Å². The Hall–Kier alpha value is -1.59. The third kappa shape index (κ3) is 4.83. The number of rotatable bonds is 5. The number of benzene rings is 1. The number of nitrogens with zero attached hydrogens (tertiary/aromatic N) is 2. The lowest BCUT2D eigenvalue weighted by Crippen LogP contribution is -2.29. The molecule has 2 aromatic rings. The van der Waals surface area contributed by atoms with E-state index in [0.29, 0.717) is 10.1 Å². The molecule has 0 aliphatic heterocycles. The van der Waals surface area contributed by atoms with Gasteiger partial charge in [-0.1, -0.05) is 17.7 Å². The Kier molecular flexibility index (Phi) is 5.38. The number of halogens is 1. The van der Waals surface area contributed by atoms with Crippen LogP contribution in [0.1, 0.15) is 12.1 Å². The molecule has 2 rings (SSSR count). The van der Waals surface area contributed by atoms with E-state index < -0.39 is 0 Å². The van der Waals surface area contributed by atoms with Crippen molar-refractivity contribution < 1.29 is 0 Å². The van der Waals surface area contributed by atoms with Crippen LogP contribution in [0.15, 0.2) is 36.5 Å². The van der Waals surface area contributed by atoms with Crippen molar-refractivity contribution in [2.24, 2.45) is 0 Å². The predicted octanol–water partition coefficient (Wildman–Crippen LogP) is 3.22. The van der Waals surface area contributed by atoms with Gasteiger partial charge in [-0.25, -0.2) is 0 Å². The van der Waals surface area contributed by atoms with Crippen LogP contribution < -0.4 is 10.6 Å². The molecule has 1 heterocycles. The van der Waals surface area contributed by atoms with E-state index in [9.17, 15) is 0 Å². The molecule has 0 unspecified atom stereocenters. The maximum Gasteiger partial charge on any atom is 0.170 e. The van der Waals surface area contributed by atoms with E-state index in [1.807, 2.05) is 48.1 Å². The smallest absolute Gasteiger partial charge is 0.170 e. The van der Waals surface area contributed by atoms with Crippen molar-refractivity contribution in [1.82, 2.24) is 15.1 Å². The van der Waals surface area contributed by atoms with Crippen molar-refractivity contribution in [3.05, 3.63) is 47.2 Å². The van der Waals surface area contributed by atoms with E-state index in [1.165, 1.54) is 0 Å². The summed E-state index contributed by atoms with van der Waals surface area (Å²) in [7, 11) is 0. The molecule has 20 heavy (non-hydrogen) atoms. The summed E-state index contributed by atoms with van der Waals surface area (Å²) >= 11 is 11.1. The summed E-state index contributed by atoms with van der Waals surface area (Å²) in [5.41, 5.74) is 1.92. The molecule has 0 aliphatic rings. The van der Waals surface area contributed by atoms with Crippen LogP contribution in [0.5, 0.6) is 0 Å². The first kappa shape index (κ1) is 14.8. The van der Waals surface area contributed by atoms with E-state index in [2.05, 4.69) is 15.7 Å². The minimum absolute atomic E-state index is 0.601. The molecule has 1 aromatic carbocycles. The second-order valence-electron chi connectivity index (χ2n) is 4.46. The first-order chi connectivity index (χ1) is 9.63. The average Bonchev–Trinajstić information content (AvgIpc) is 2.80. The highest BCUT2D eigenvalue weighted by Gasteiger charge is 1.98. The molecular formula is C14H17ClN4S. The van der Waals surface area contributed by atoms with Crippen molar-refractivity contribution in [2.75, 3.05) is 11.9 Å². The van der Waals surface area contributed by atoms with Crippen molar-refractivity contribution in [1.29, 1.82) is 0 Å². The molecule has 0 fully saturated rings. The fraction of sp³-hybridized carbons (Fsp3) is 0.286. The van der Waals surface area contributed by atoms with Gasteiger partial charge in [-0.15, -0.1) is 0 Å². The fourth-order valence-corrected chi connectivity index (χ4v) is 2.18. The van der Waals surface area contributed by atoms with Crippen molar-refractivity contribution in [3.8, 4) is 0 Å². The van der Waals surface area contributed by atoms with Crippen molar-refractivity contribution in [2.45, 2.75) is 19.9 Å². The minimum atomic E-state index is 0.601. The van der Waals surface area contributed by atoms with Crippen LogP contribution >= 0.6 is 23.8 Å². The van der Waals surface area contributed by atoms with Crippen LogP contribution in [-0.4, -0.2) is 21.4 Å². The summed E-state index contributed by atoms with van der Waals surface area (Å²) in [4.78, 5) is 0. The summed E-state index contributed by atoms with van der Waals surface area (Å²) in [5, 5.41) is 11.9. The zero-order chi connectivity index (χ0) is 14.4. The Balaban J connectivity index is 1.67. The third-order valence-electron chi connectivity index (χ3n) is 2.71. The molecule has 4 nitrogen and oxygen atoms in total. The molecule has 0 aliphatic carbocycles. The van der Waals surface area contributed by atoms with Gasteiger partial charge < -0.3 is 10.6 Å². The summed E-state index contributed by atoms with van der Waals surface area (Å²) in [6, 6.07) is 9.47. The second kappa shape index (κ2) is 7.26. The van der Waals surface area contributed by atoms with E-state index >= 15 is 0 Å². The maximum absolute atomic E-state index is 5.91. The number of hydrogen-bond acceptors (Lipinski definition) is 2. The Bertz CT molecular complexity index is 582. The molecule has 6 heteroatoms. The topological polar surface area (TPSA) is 41.9 Å². The molecule has 0 spiro atoms. The lowest BCUT2D eigenvalue weighted by molar-refractivity contribution is 0.570. The van der Waals surface area contributed by atoms with Gasteiger partial charge in [0.05, 0.1) is 5.69 Å². The standard InChI is InChI=1S/C14H17ClN4S/c1-11-6-9-19(18-11)8-3-7-16-14(20)17-13-5-2-4-12(15)10-13/h2,4-6,9-10H,3,7-8H2,1H3,(H2,16,17,20).